The van der Waals surface area contributed by atoms with Crippen molar-refractivity contribution in [1.29, 1.82) is 0 Å². The molecule has 0 aromatic rings. The van der Waals surface area contributed by atoms with Crippen LogP contribution in [0, 0.1) is 5.92 Å². The first-order valence-corrected chi connectivity index (χ1v) is 4.66. The molecule has 1 saturated heterocycles. The van der Waals surface area contributed by atoms with E-state index in [4.69, 9.17) is 5.73 Å². The van der Waals surface area contributed by atoms with Crippen LogP contribution in [0.3, 0.4) is 0 Å². The molecule has 2 N–H and O–H groups in total. The number of nitrogens with two attached hydrogens (primary N) is 1. The van der Waals surface area contributed by atoms with Crippen LogP contribution in [0.4, 0.5) is 0 Å². The van der Waals surface area contributed by atoms with Gasteiger partial charge in [0.05, 0.1) is 0 Å². The van der Waals surface area contributed by atoms with Crippen LogP contribution in [0.15, 0.2) is 0 Å². The van der Waals surface area contributed by atoms with Crippen LogP contribution in [-0.2, 0) is 0 Å². The summed E-state index contributed by atoms with van der Waals surface area (Å²) in [5.41, 5.74) is 5.79. The number of rotatable bonds is 3. The second-order valence-electron chi connectivity index (χ2n) is 4.03. The SMILES string of the molecule is CC(C)CCN1CC[C@H](N)C1. The molecule has 2 nitrogen and oxygen atoms in total. The molecule has 0 amide bonds. The largest absolute Gasteiger partial charge is 0.326 e. The second kappa shape index (κ2) is 4.07. The van der Waals surface area contributed by atoms with Crippen LogP contribution in [-0.4, -0.2) is 30.6 Å². The molecular weight excluding hydrogens is 136 g/mol. The zero-order valence-corrected chi connectivity index (χ0v) is 7.71. The van der Waals surface area contributed by atoms with Gasteiger partial charge in [-0.2, -0.15) is 0 Å². The van der Waals surface area contributed by atoms with Gasteiger partial charge in [-0.25, -0.2) is 0 Å². The molecule has 1 rings (SSSR count). The number of hydrogen-bond donors (Lipinski definition) is 1. The van der Waals surface area contributed by atoms with Gasteiger partial charge in [0.25, 0.3) is 0 Å². The average molecular weight is 156 g/mol. The average Bonchev–Trinajstić information content (AvgIpc) is 2.31. The summed E-state index contributed by atoms with van der Waals surface area (Å²) < 4.78 is 0. The Balaban J connectivity index is 2.08. The highest BCUT2D eigenvalue weighted by molar-refractivity contribution is 4.77. The maximum absolute atomic E-state index is 5.79. The minimum absolute atomic E-state index is 0.446. The normalized spacial score (nSPS) is 26.7. The predicted molar refractivity (Wildman–Crippen MR) is 48.5 cm³/mol. The highest BCUT2D eigenvalue weighted by atomic mass is 15.2. The summed E-state index contributed by atoms with van der Waals surface area (Å²) in [5, 5.41) is 0. The summed E-state index contributed by atoms with van der Waals surface area (Å²) in [5.74, 6) is 0.826. The lowest BCUT2D eigenvalue weighted by molar-refractivity contribution is 0.310. The van der Waals surface area contributed by atoms with Crippen molar-refractivity contribution in [3.8, 4) is 0 Å². The molecule has 0 bridgehead atoms. The van der Waals surface area contributed by atoms with Crippen LogP contribution in [0.25, 0.3) is 0 Å². The van der Waals surface area contributed by atoms with E-state index < -0.39 is 0 Å². The molecule has 11 heavy (non-hydrogen) atoms. The van der Waals surface area contributed by atoms with E-state index >= 15 is 0 Å². The smallest absolute Gasteiger partial charge is 0.0180 e. The van der Waals surface area contributed by atoms with Crippen molar-refractivity contribution in [3.63, 3.8) is 0 Å². The monoisotopic (exact) mass is 156 g/mol. The van der Waals surface area contributed by atoms with Crippen molar-refractivity contribution in [2.45, 2.75) is 32.7 Å². The minimum Gasteiger partial charge on any atom is -0.326 e. The quantitative estimate of drug-likeness (QED) is 0.662. The van der Waals surface area contributed by atoms with E-state index in [1.165, 1.54) is 25.9 Å². The van der Waals surface area contributed by atoms with E-state index in [9.17, 15) is 0 Å². The lowest BCUT2D eigenvalue weighted by atomic mass is 10.1. The van der Waals surface area contributed by atoms with Crippen molar-refractivity contribution in [3.05, 3.63) is 0 Å². The maximum atomic E-state index is 5.79. The lowest BCUT2D eigenvalue weighted by Gasteiger charge is -2.15. The van der Waals surface area contributed by atoms with E-state index in [0.29, 0.717) is 6.04 Å². The summed E-state index contributed by atoms with van der Waals surface area (Å²) in [6.45, 7) is 8.12. The predicted octanol–water partition coefficient (Wildman–Crippen LogP) is 1.07. The van der Waals surface area contributed by atoms with Gasteiger partial charge in [0.1, 0.15) is 0 Å². The van der Waals surface area contributed by atoms with Crippen molar-refractivity contribution >= 4 is 0 Å². The Hall–Kier alpha value is -0.0800. The van der Waals surface area contributed by atoms with Gasteiger partial charge < -0.3 is 10.6 Å². The third-order valence-corrected chi connectivity index (χ3v) is 2.33. The van der Waals surface area contributed by atoms with E-state index in [-0.39, 0.29) is 0 Å². The van der Waals surface area contributed by atoms with Crippen LogP contribution in [0.1, 0.15) is 26.7 Å². The number of nitrogens with zero attached hydrogens (tertiary/aromatic N) is 1. The van der Waals surface area contributed by atoms with Crippen LogP contribution >= 0.6 is 0 Å². The highest BCUT2D eigenvalue weighted by Crippen LogP contribution is 2.09. The molecule has 0 aromatic heterocycles. The molecule has 66 valence electrons. The zero-order chi connectivity index (χ0) is 8.27. The Morgan fingerprint density at radius 2 is 2.27 bits per heavy atom. The molecule has 0 spiro atoms. The van der Waals surface area contributed by atoms with Crippen molar-refractivity contribution in [2.75, 3.05) is 19.6 Å². The number of likely N-dealkylation sites (tertiary alicyclic amines) is 1. The lowest BCUT2D eigenvalue weighted by Crippen LogP contribution is -2.27. The van der Waals surface area contributed by atoms with E-state index in [1.807, 2.05) is 0 Å². The first-order chi connectivity index (χ1) is 5.18. The third-order valence-electron chi connectivity index (χ3n) is 2.33. The summed E-state index contributed by atoms with van der Waals surface area (Å²) in [6, 6.07) is 0.446. The highest BCUT2D eigenvalue weighted by Gasteiger charge is 2.18. The molecule has 0 aromatic carbocycles. The summed E-state index contributed by atoms with van der Waals surface area (Å²) >= 11 is 0. The van der Waals surface area contributed by atoms with E-state index in [2.05, 4.69) is 18.7 Å². The topological polar surface area (TPSA) is 29.3 Å². The molecule has 0 aliphatic carbocycles. The number of hydrogen-bond acceptors (Lipinski definition) is 2. The molecule has 1 atom stereocenters. The zero-order valence-electron chi connectivity index (χ0n) is 7.71. The standard InChI is InChI=1S/C9H20N2/c1-8(2)3-5-11-6-4-9(10)7-11/h8-9H,3-7,10H2,1-2H3/t9-/m0/s1. The van der Waals surface area contributed by atoms with Crippen LogP contribution < -0.4 is 5.73 Å². The summed E-state index contributed by atoms with van der Waals surface area (Å²) in [4.78, 5) is 2.48. The van der Waals surface area contributed by atoms with Gasteiger partial charge in [-0.1, -0.05) is 13.8 Å². The van der Waals surface area contributed by atoms with Crippen LogP contribution in [0.2, 0.25) is 0 Å². The third kappa shape index (κ3) is 3.21. The second-order valence-corrected chi connectivity index (χ2v) is 4.03. The van der Waals surface area contributed by atoms with Gasteiger partial charge in [-0.05, 0) is 31.8 Å². The van der Waals surface area contributed by atoms with Crippen molar-refractivity contribution in [2.24, 2.45) is 11.7 Å². The molecule has 0 radical (unpaired) electrons. The van der Waals surface area contributed by atoms with Gasteiger partial charge in [0, 0.05) is 12.6 Å². The Bertz CT molecular complexity index is 112. The Labute approximate surface area is 69.8 Å². The van der Waals surface area contributed by atoms with Gasteiger partial charge >= 0.3 is 0 Å². The first kappa shape index (κ1) is 9.01. The maximum Gasteiger partial charge on any atom is 0.0180 e. The van der Waals surface area contributed by atoms with E-state index in [1.54, 1.807) is 0 Å². The fourth-order valence-electron chi connectivity index (χ4n) is 1.51. The molecule has 1 heterocycles. The van der Waals surface area contributed by atoms with Crippen molar-refractivity contribution < 1.29 is 0 Å². The fraction of sp³-hybridized carbons (Fsp3) is 1.00. The molecule has 0 unspecified atom stereocenters. The molecule has 1 aliphatic heterocycles. The Kier molecular flexibility index (Phi) is 3.34. The van der Waals surface area contributed by atoms with Gasteiger partial charge in [-0.15, -0.1) is 0 Å². The van der Waals surface area contributed by atoms with E-state index in [0.717, 1.165) is 12.5 Å². The molecule has 2 heteroatoms. The van der Waals surface area contributed by atoms with Crippen molar-refractivity contribution in [1.82, 2.24) is 4.90 Å². The van der Waals surface area contributed by atoms with Crippen LogP contribution in [0.5, 0.6) is 0 Å². The summed E-state index contributed by atoms with van der Waals surface area (Å²) in [6.07, 6.45) is 2.50. The van der Waals surface area contributed by atoms with Gasteiger partial charge in [0.2, 0.25) is 0 Å². The minimum atomic E-state index is 0.446. The Morgan fingerprint density at radius 1 is 1.55 bits per heavy atom. The first-order valence-electron chi connectivity index (χ1n) is 4.66. The molecular formula is C9H20N2. The van der Waals surface area contributed by atoms with Gasteiger partial charge in [0.15, 0.2) is 0 Å². The molecule has 1 aliphatic rings. The van der Waals surface area contributed by atoms with Gasteiger partial charge in [-0.3, -0.25) is 0 Å². The fourth-order valence-corrected chi connectivity index (χ4v) is 1.51. The molecule has 1 fully saturated rings. The Morgan fingerprint density at radius 3 is 2.73 bits per heavy atom. The molecule has 0 saturated carbocycles. The summed E-state index contributed by atoms with van der Waals surface area (Å²) in [7, 11) is 0.